The molecule has 0 aromatic carbocycles. The maximum atomic E-state index is 12.6. The first-order valence-corrected chi connectivity index (χ1v) is 20.8. The third-order valence-electron chi connectivity index (χ3n) is 9.42. The molecule has 0 aliphatic rings. The minimum atomic E-state index is -0.516. The summed E-state index contributed by atoms with van der Waals surface area (Å²) in [6, 6.07) is 0. The van der Waals surface area contributed by atoms with Gasteiger partial charge in [0.05, 0.1) is 13.2 Å². The van der Waals surface area contributed by atoms with E-state index in [-0.39, 0.29) is 12.1 Å². The van der Waals surface area contributed by atoms with Crippen molar-refractivity contribution in [1.29, 1.82) is 0 Å². The van der Waals surface area contributed by atoms with Crippen LogP contribution in [0.1, 0.15) is 214 Å². The molecule has 47 heavy (non-hydrogen) atoms. The highest BCUT2D eigenvalue weighted by molar-refractivity contribution is 5.69. The average molecular weight is 668 g/mol. The van der Waals surface area contributed by atoms with Crippen LogP contribution in [-0.4, -0.2) is 56.0 Å². The van der Waals surface area contributed by atoms with Gasteiger partial charge < -0.3 is 19.1 Å². The predicted molar refractivity (Wildman–Crippen MR) is 200 cm³/mol. The van der Waals surface area contributed by atoms with Crippen LogP contribution in [0, 0.1) is 0 Å². The van der Waals surface area contributed by atoms with Gasteiger partial charge in [-0.1, -0.05) is 150 Å². The van der Waals surface area contributed by atoms with Gasteiger partial charge in [-0.05, 0) is 77.4 Å². The SMILES string of the molecule is CCCCCCCCCOC(=O)OCCCCN(CC)CCCCCCCC(=O)OC(CCCCCCCC)CCCCCCCC. The fourth-order valence-corrected chi connectivity index (χ4v) is 6.22. The third-order valence-corrected chi connectivity index (χ3v) is 9.42. The summed E-state index contributed by atoms with van der Waals surface area (Å²) in [6.45, 7) is 13.1. The summed E-state index contributed by atoms with van der Waals surface area (Å²) in [6.07, 6.45) is 33.7. The van der Waals surface area contributed by atoms with Crippen molar-refractivity contribution in [2.45, 2.75) is 220 Å². The molecule has 0 bridgehead atoms. The van der Waals surface area contributed by atoms with Crippen LogP contribution in [0.2, 0.25) is 0 Å². The van der Waals surface area contributed by atoms with Crippen LogP contribution in [-0.2, 0) is 19.0 Å². The van der Waals surface area contributed by atoms with E-state index in [1.54, 1.807) is 0 Å². The lowest BCUT2D eigenvalue weighted by molar-refractivity contribution is -0.150. The number of ether oxygens (including phenoxy) is 3. The Labute approximate surface area is 293 Å². The van der Waals surface area contributed by atoms with Gasteiger partial charge in [0, 0.05) is 6.42 Å². The summed E-state index contributed by atoms with van der Waals surface area (Å²) in [5.41, 5.74) is 0. The summed E-state index contributed by atoms with van der Waals surface area (Å²) in [4.78, 5) is 26.9. The molecular weight excluding hydrogens is 586 g/mol. The molecule has 0 aromatic heterocycles. The zero-order chi connectivity index (χ0) is 34.5. The van der Waals surface area contributed by atoms with Crippen LogP contribution in [0.4, 0.5) is 4.79 Å². The number of carbonyl (C=O) groups excluding carboxylic acids is 2. The van der Waals surface area contributed by atoms with Crippen LogP contribution in [0.3, 0.4) is 0 Å². The van der Waals surface area contributed by atoms with Crippen LogP contribution < -0.4 is 0 Å². The molecule has 0 aliphatic carbocycles. The van der Waals surface area contributed by atoms with Gasteiger partial charge in [0.25, 0.3) is 0 Å². The quantitative estimate of drug-likeness (QED) is 0.0485. The Morgan fingerprint density at radius 2 is 0.851 bits per heavy atom. The Morgan fingerprint density at radius 3 is 1.34 bits per heavy atom. The third kappa shape index (κ3) is 34.4. The topological polar surface area (TPSA) is 65.1 Å². The van der Waals surface area contributed by atoms with Gasteiger partial charge >= 0.3 is 12.1 Å². The molecule has 6 nitrogen and oxygen atoms in total. The second kappa shape index (κ2) is 37.5. The number of hydrogen-bond donors (Lipinski definition) is 0. The molecular formula is C41H81NO5. The molecule has 0 atom stereocenters. The number of rotatable bonds is 37. The molecule has 0 heterocycles. The van der Waals surface area contributed by atoms with Gasteiger partial charge in [-0.3, -0.25) is 4.79 Å². The van der Waals surface area contributed by atoms with Gasteiger partial charge in [-0.2, -0.15) is 0 Å². The van der Waals surface area contributed by atoms with Gasteiger partial charge in [-0.25, -0.2) is 4.79 Å². The fraction of sp³-hybridized carbons (Fsp3) is 0.951. The van der Waals surface area contributed by atoms with E-state index < -0.39 is 6.16 Å². The molecule has 0 fully saturated rings. The van der Waals surface area contributed by atoms with Crippen LogP contribution >= 0.6 is 0 Å². The monoisotopic (exact) mass is 668 g/mol. The van der Waals surface area contributed by atoms with Gasteiger partial charge in [0.1, 0.15) is 6.10 Å². The van der Waals surface area contributed by atoms with E-state index in [1.165, 1.54) is 128 Å². The highest BCUT2D eigenvalue weighted by Crippen LogP contribution is 2.18. The van der Waals surface area contributed by atoms with E-state index in [2.05, 4.69) is 32.6 Å². The standard InChI is InChI=1S/C41H81NO5/c1-5-9-12-15-18-24-30-37-45-41(44)46-38-31-29-36-42(8-4)35-28-23-19-22-27-34-40(43)47-39(32-25-20-16-13-10-6-2)33-26-21-17-14-11-7-3/h39H,5-38H2,1-4H3. The number of hydrogen-bond acceptors (Lipinski definition) is 6. The Morgan fingerprint density at radius 1 is 0.468 bits per heavy atom. The second-order valence-corrected chi connectivity index (χ2v) is 14.0. The molecule has 6 heteroatoms. The van der Waals surface area contributed by atoms with Crippen LogP contribution in [0.15, 0.2) is 0 Å². The summed E-state index contributed by atoms with van der Waals surface area (Å²) < 4.78 is 16.5. The predicted octanol–water partition coefficient (Wildman–Crippen LogP) is 12.7. The van der Waals surface area contributed by atoms with E-state index in [4.69, 9.17) is 14.2 Å². The lowest BCUT2D eigenvalue weighted by Crippen LogP contribution is -2.26. The number of esters is 1. The molecule has 0 saturated heterocycles. The van der Waals surface area contributed by atoms with Crippen molar-refractivity contribution >= 4 is 12.1 Å². The van der Waals surface area contributed by atoms with Crippen molar-refractivity contribution in [2.24, 2.45) is 0 Å². The van der Waals surface area contributed by atoms with E-state index in [0.29, 0.717) is 19.6 Å². The summed E-state index contributed by atoms with van der Waals surface area (Å²) >= 11 is 0. The first-order chi connectivity index (χ1) is 23.1. The minimum absolute atomic E-state index is 0.0227. The average Bonchev–Trinajstić information content (AvgIpc) is 3.07. The maximum Gasteiger partial charge on any atom is 0.508 e. The molecule has 0 N–H and O–H groups in total. The number of nitrogens with zero attached hydrogens (tertiary/aromatic N) is 1. The molecule has 0 aromatic rings. The zero-order valence-electron chi connectivity index (χ0n) is 32.1. The summed E-state index contributed by atoms with van der Waals surface area (Å²) in [7, 11) is 0. The molecule has 0 amide bonds. The molecule has 280 valence electrons. The lowest BCUT2D eigenvalue weighted by atomic mass is 10.0. The van der Waals surface area contributed by atoms with Crippen molar-refractivity contribution in [2.75, 3.05) is 32.8 Å². The fourth-order valence-electron chi connectivity index (χ4n) is 6.22. The smallest absolute Gasteiger partial charge is 0.462 e. The van der Waals surface area contributed by atoms with Crippen molar-refractivity contribution < 1.29 is 23.8 Å². The molecule has 0 unspecified atom stereocenters. The highest BCUT2D eigenvalue weighted by Gasteiger charge is 2.14. The van der Waals surface area contributed by atoms with Gasteiger partial charge in [0.2, 0.25) is 0 Å². The van der Waals surface area contributed by atoms with E-state index in [1.807, 2.05) is 0 Å². The molecule has 0 radical (unpaired) electrons. The molecule has 0 rings (SSSR count). The van der Waals surface area contributed by atoms with Crippen LogP contribution in [0.25, 0.3) is 0 Å². The zero-order valence-corrected chi connectivity index (χ0v) is 32.1. The van der Waals surface area contributed by atoms with E-state index >= 15 is 0 Å². The summed E-state index contributed by atoms with van der Waals surface area (Å²) in [5, 5.41) is 0. The van der Waals surface area contributed by atoms with Gasteiger partial charge in [0.15, 0.2) is 0 Å². The van der Waals surface area contributed by atoms with Crippen molar-refractivity contribution in [1.82, 2.24) is 4.90 Å². The Bertz CT molecular complexity index is 642. The lowest BCUT2D eigenvalue weighted by Gasteiger charge is -2.20. The molecule has 0 spiro atoms. The first-order valence-electron chi connectivity index (χ1n) is 20.8. The van der Waals surface area contributed by atoms with Crippen molar-refractivity contribution in [3.05, 3.63) is 0 Å². The second-order valence-electron chi connectivity index (χ2n) is 14.0. The first kappa shape index (κ1) is 45.7. The molecule has 0 saturated carbocycles. The Hall–Kier alpha value is -1.30. The maximum absolute atomic E-state index is 12.6. The minimum Gasteiger partial charge on any atom is -0.462 e. The number of carbonyl (C=O) groups is 2. The van der Waals surface area contributed by atoms with Crippen molar-refractivity contribution in [3.8, 4) is 0 Å². The van der Waals surface area contributed by atoms with Crippen molar-refractivity contribution in [3.63, 3.8) is 0 Å². The largest absolute Gasteiger partial charge is 0.508 e. The Balaban J connectivity index is 3.90. The van der Waals surface area contributed by atoms with E-state index in [0.717, 1.165) is 71.0 Å². The Kier molecular flexibility index (Phi) is 36.5. The normalized spacial score (nSPS) is 11.4. The number of unbranched alkanes of at least 4 members (excludes halogenated alkanes) is 21. The van der Waals surface area contributed by atoms with Crippen LogP contribution in [0.5, 0.6) is 0 Å². The summed E-state index contributed by atoms with van der Waals surface area (Å²) in [5.74, 6) is 0.0227. The highest BCUT2D eigenvalue weighted by atomic mass is 16.7. The van der Waals surface area contributed by atoms with E-state index in [9.17, 15) is 9.59 Å². The molecule has 0 aliphatic heterocycles. The van der Waals surface area contributed by atoms with Gasteiger partial charge in [-0.15, -0.1) is 0 Å².